The molecule has 33 nitrogen and oxygen atoms in total. The molecule has 150 heavy (non-hydrogen) atoms. The number of amides is 5. The molecule has 0 aliphatic heterocycles. The number of carbonyl (C=O) groups excluding carboxylic acids is 6. The normalized spacial score (nSPS) is 18.8. The van der Waals surface area contributed by atoms with E-state index in [1.807, 2.05) is 100 Å². The third-order valence-corrected chi connectivity index (χ3v) is 23.8. The van der Waals surface area contributed by atoms with Crippen LogP contribution in [-0.4, -0.2) is 302 Å². The van der Waals surface area contributed by atoms with Crippen molar-refractivity contribution < 1.29 is 220 Å². The number of ether oxygens (including phenoxy) is 6. The number of nitrogens with zero attached hydrogens (tertiary/aromatic N) is 2. The van der Waals surface area contributed by atoms with Crippen LogP contribution < -0.4 is 102 Å². The Kier molecular flexibility index (Phi) is 82.4. The Morgan fingerprint density at radius 3 is 0.907 bits per heavy atom. The van der Waals surface area contributed by atoms with Crippen LogP contribution in [-0.2, 0) is 66.7 Å². The van der Waals surface area contributed by atoms with Crippen molar-refractivity contribution in [3.05, 3.63) is 29.8 Å². The molecule has 0 spiro atoms. The van der Waals surface area contributed by atoms with Gasteiger partial charge in [-0.25, -0.2) is 89.9 Å². The number of aryl methyl sites for hydroxylation is 1. The summed E-state index contributed by atoms with van der Waals surface area (Å²) in [6.07, 6.45) is 6.88. The van der Waals surface area contributed by atoms with Crippen molar-refractivity contribution in [3.8, 4) is 0 Å². The molecule has 5 amide bonds. The molecule has 0 bridgehead atoms. The van der Waals surface area contributed by atoms with Crippen LogP contribution in [0.5, 0.6) is 0 Å². The predicted octanol–water partition coefficient (Wildman–Crippen LogP) is 13.7. The fourth-order valence-corrected chi connectivity index (χ4v) is 16.8. The second-order valence-electron chi connectivity index (χ2n) is 43.3. The summed E-state index contributed by atoms with van der Waals surface area (Å²) >= 11 is 0. The minimum absolute atomic E-state index is 0. The number of nitrogens with one attached hydrogen (secondary N) is 6. The minimum atomic E-state index is -4.02. The largest absolute Gasteiger partial charge is 1.00 e. The van der Waals surface area contributed by atoms with E-state index < -0.39 is 147 Å². The van der Waals surface area contributed by atoms with Gasteiger partial charge in [0.25, 0.3) is 20.2 Å². The van der Waals surface area contributed by atoms with Crippen LogP contribution in [0.25, 0.3) is 0 Å². The van der Waals surface area contributed by atoms with E-state index in [4.69, 9.17) is 43.3 Å². The molecule has 6 fully saturated rings. The van der Waals surface area contributed by atoms with Gasteiger partial charge in [-0.15, -0.1) is 0 Å². The van der Waals surface area contributed by atoms with E-state index >= 15 is 0 Å². The van der Waals surface area contributed by atoms with Crippen molar-refractivity contribution in [1.82, 2.24) is 41.7 Å². The van der Waals surface area contributed by atoms with Crippen LogP contribution in [0.1, 0.15) is 317 Å². The molecule has 0 heterocycles. The zero-order valence-electron chi connectivity index (χ0n) is 95.8. The van der Waals surface area contributed by atoms with Crippen molar-refractivity contribution in [2.75, 3.05) is 102 Å². The zero-order chi connectivity index (χ0) is 114. The Hall–Kier alpha value is -4.00. The molecule has 14 N–H and O–H groups in total. The SMILES string of the molecule is CC.CC(C)(C)OC(=O)N[C@H](CO)CC1CCC(F)(F)CC1.CC(C)(C)OC(=O)N[C@H](COS(C)(=O)=O)CC1CCC(F)(F)CC1.CN.CN(C)C[C@@H](N)CC1CCC(F)(F)CC1.CN(C)C[C@H](CC1CCC(F)(F)CC1)NC(=O)OC(C)(C)C.CNC[C@H](CC1CCC(F)(F)CC1)NC(=O)OC(C)(C)C.CO.COC(=O)[C@H](CC1CCC(F)(F)CC1)NC(=O)OC(C)(C)C.CS(=O)(=O)Cl.Cc1ccc(S(=O)(=O)O)cc1.[B].[H-].[Na+].[Na+].[OH-]. The summed E-state index contributed by atoms with van der Waals surface area (Å²) in [5.41, 5.74) is 8.34. The van der Waals surface area contributed by atoms with Crippen molar-refractivity contribution in [1.29, 1.82) is 0 Å². The molecule has 6 atom stereocenters. The number of halogens is 13. The average Bonchev–Trinajstić information content (AvgIpc) is 0.889. The quantitative estimate of drug-likeness (QED) is 0.00675. The van der Waals surface area contributed by atoms with Gasteiger partial charge in [0.1, 0.15) is 34.0 Å². The van der Waals surface area contributed by atoms with E-state index in [1.165, 1.54) is 26.3 Å². The number of rotatable bonds is 29. The smallest absolute Gasteiger partial charge is 1.00 e. The molecule has 0 saturated heterocycles. The number of hydrogen-bond acceptors (Lipinski definition) is 27. The topological polar surface area (TPSA) is 491 Å². The summed E-state index contributed by atoms with van der Waals surface area (Å²) in [7, 11) is 6.98. The van der Waals surface area contributed by atoms with Gasteiger partial charge in [0, 0.05) is 141 Å². The molecule has 52 heteroatoms. The number of nitrogens with two attached hydrogens (primary N) is 2. The van der Waals surface area contributed by atoms with Gasteiger partial charge in [0.05, 0.1) is 49.8 Å². The van der Waals surface area contributed by atoms with Gasteiger partial charge in [-0.2, -0.15) is 16.8 Å². The van der Waals surface area contributed by atoms with E-state index in [9.17, 15) is 112 Å². The summed E-state index contributed by atoms with van der Waals surface area (Å²) in [5.74, 6) is -14.9. The number of aliphatic hydroxyl groups is 2. The van der Waals surface area contributed by atoms with Gasteiger partial charge < -0.3 is 98.7 Å². The fourth-order valence-electron chi connectivity index (χ4n) is 16.0. The van der Waals surface area contributed by atoms with Gasteiger partial charge in [-0.05, 0) is 316 Å². The summed E-state index contributed by atoms with van der Waals surface area (Å²) in [5, 5.41) is 32.7. The molecule has 6 aliphatic carbocycles. The number of alkyl carbamates (subject to hydrolysis) is 5. The van der Waals surface area contributed by atoms with Crippen molar-refractivity contribution in [2.24, 2.45) is 47.0 Å². The number of carbonyl (C=O) groups is 6. The third kappa shape index (κ3) is 92.9. The molecule has 7 rings (SSSR count). The number of hydrogen-bond donors (Lipinski definition) is 11. The molecule has 879 valence electrons. The maximum absolute atomic E-state index is 13.2. The first-order valence-electron chi connectivity index (χ1n) is 49.8. The number of methoxy groups -OCH3 is 1. The fraction of sp³-hybridized carbons (Fsp3) is 0.878. The number of aliphatic hydroxyl groups excluding tert-OH is 2. The summed E-state index contributed by atoms with van der Waals surface area (Å²) < 4.78 is 263. The van der Waals surface area contributed by atoms with Crippen molar-refractivity contribution in [3.63, 3.8) is 0 Å². The molecule has 0 unspecified atom stereocenters. The first kappa shape index (κ1) is 161. The summed E-state index contributed by atoms with van der Waals surface area (Å²) in [4.78, 5) is 74.7. The Morgan fingerprint density at radius 1 is 0.440 bits per heavy atom. The van der Waals surface area contributed by atoms with Crippen molar-refractivity contribution >= 4 is 84.8 Å². The third-order valence-electron chi connectivity index (χ3n) is 22.4. The van der Waals surface area contributed by atoms with Crippen LogP contribution in [0.3, 0.4) is 0 Å². The van der Waals surface area contributed by atoms with E-state index in [0.717, 1.165) is 38.2 Å². The standard InChI is InChI=1S/C16H30F2N2O2.C15H28F2N2O2.C15H27F2NO5S.C15H25F2NO4.C14H25F2NO3.C11H22F2N2.C7H8O3S.C2H6.CH3ClO2S.CH5N.CH4O.B.2Na.H2O.H/c1-15(2,3)22-14(21)19-13(11-20(4)5)10-12-6-8-16(17,18)9-7-12;1-14(2,3)21-13(20)19-12(10-18-4)9-11-5-7-15(16,17)8-6-11;1-14(2,3)23-13(19)18-12(10-22-24(4,20)21)9-11-5-7-15(16,17)8-6-11;1-14(2,3)22-13(20)18-11(12(19)21-4)9-10-5-7-15(16,17)8-6-10;1-13(2,3)20-12(19)17-11(9-18)8-10-4-6-14(15,16)7-5-10;1-15(2)8-10(14)7-9-3-5-11(12,13)6-4-9;1-6-2-4-7(5-3-6)11(8,9)10;1-2;1-5(2,3)4;2*1-2;;;;;/h12-13H,6-11H2,1-5H3,(H,19,21);11-12,18H,5-10H2,1-4H3,(H,19,20);11-12H,5-10H2,1-4H3,(H,18,19);10-11H,5-9H2,1-4H3,(H,18,20);10-11,18H,4-9H2,1-3H3,(H,17,19);9-10H,3-8,14H2,1-2H3;2-5H,1H3,(H,8,9,10);1-2H3;1H3;2H2,1H3;2H,1H3;;;;1H2;/q;;;;;;;;;;;;2*+1;;-1/p-1/t13-;2*12-;2*11-;10-;;;;;;;;;;/m000000........../s1. The Labute approximate surface area is 940 Å². The maximum Gasteiger partial charge on any atom is 1.00 e. The van der Waals surface area contributed by atoms with Gasteiger partial charge in [0.2, 0.25) is 44.6 Å². The summed E-state index contributed by atoms with van der Waals surface area (Å²) in [6.45, 7) is 33.9. The first-order valence-corrected chi connectivity index (χ1v) is 55.8. The second kappa shape index (κ2) is 76.7. The van der Waals surface area contributed by atoms with Crippen LogP contribution >= 0.6 is 10.7 Å². The van der Waals surface area contributed by atoms with E-state index in [-0.39, 0.29) is 224 Å². The maximum atomic E-state index is 13.2. The van der Waals surface area contributed by atoms with Gasteiger partial charge in [-0.1, -0.05) is 31.5 Å². The minimum Gasteiger partial charge on any atom is -1.00 e. The number of benzene rings is 1. The molecule has 3 radical (unpaired) electrons. The van der Waals surface area contributed by atoms with E-state index in [2.05, 4.69) is 53.1 Å². The van der Waals surface area contributed by atoms with Crippen LogP contribution in [0.4, 0.5) is 76.7 Å². The van der Waals surface area contributed by atoms with Gasteiger partial charge >= 0.3 is 95.6 Å². The number of esters is 1. The monoisotopic (exact) mass is 2290 g/mol. The number of alkyl halides is 12. The predicted molar refractivity (Wildman–Crippen MR) is 554 cm³/mol. The Bertz CT molecular complexity index is 4130. The molecule has 6 aliphatic rings. The zero-order valence-corrected chi connectivity index (χ0v) is 102. The number of likely N-dealkylation sites (N-methyl/N-ethyl adjacent to an activating group) is 3. The van der Waals surface area contributed by atoms with Crippen LogP contribution in [0.2, 0.25) is 0 Å². The van der Waals surface area contributed by atoms with Crippen LogP contribution in [0.15, 0.2) is 29.2 Å². The molecule has 6 saturated carbocycles. The average molecular weight is 2290 g/mol. The van der Waals surface area contributed by atoms with Gasteiger partial charge in [0.15, 0.2) is 0 Å². The molecule has 0 aromatic heterocycles. The van der Waals surface area contributed by atoms with E-state index in [1.54, 1.807) is 81.5 Å². The van der Waals surface area contributed by atoms with Gasteiger partial charge in [-0.3, -0.25) is 8.74 Å². The molecule has 1 aromatic carbocycles. The summed E-state index contributed by atoms with van der Waals surface area (Å²) in [6, 6.07) is 3.99. The second-order valence-corrected chi connectivity index (χ2v) is 49.4. The Morgan fingerprint density at radius 2 is 0.667 bits per heavy atom. The Balaban J connectivity index is -0.000000219. The van der Waals surface area contributed by atoms with E-state index in [0.29, 0.717) is 122 Å². The first-order chi connectivity index (χ1) is 66.4. The molecular weight excluding hydrogens is 2100 g/mol. The van der Waals surface area contributed by atoms with Crippen LogP contribution in [0, 0.1) is 42.4 Å². The van der Waals surface area contributed by atoms with Crippen molar-refractivity contribution in [2.45, 2.75) is 422 Å². The molecule has 1 aromatic rings. The molecular formula is C98H185BClF12N10Na2O23S3.